The summed E-state index contributed by atoms with van der Waals surface area (Å²) in [6.07, 6.45) is -3.33. The summed E-state index contributed by atoms with van der Waals surface area (Å²) in [4.78, 5) is 28.8. The summed E-state index contributed by atoms with van der Waals surface area (Å²) in [5.41, 5.74) is 5.98. The van der Waals surface area contributed by atoms with Crippen LogP contribution in [0.3, 0.4) is 0 Å². The summed E-state index contributed by atoms with van der Waals surface area (Å²) in [6.45, 7) is 0.883. The van der Waals surface area contributed by atoms with E-state index in [1.54, 1.807) is 4.90 Å². The van der Waals surface area contributed by atoms with Crippen molar-refractivity contribution >= 4 is 17.5 Å². The number of carbonyl (C=O) groups is 2. The Balaban J connectivity index is 1.27. The Morgan fingerprint density at radius 2 is 1.94 bits per heavy atom. The number of likely N-dealkylation sites (tertiary alicyclic amines) is 1. The van der Waals surface area contributed by atoms with Crippen molar-refractivity contribution in [3.63, 3.8) is 0 Å². The maximum atomic E-state index is 13.5. The predicted molar refractivity (Wildman–Crippen MR) is 107 cm³/mol. The topological polar surface area (TPSA) is 76.7 Å². The van der Waals surface area contributed by atoms with Crippen LogP contribution in [0.2, 0.25) is 0 Å². The summed E-state index contributed by atoms with van der Waals surface area (Å²) in [7, 11) is 1.24. The van der Waals surface area contributed by atoms with Gasteiger partial charge in [-0.2, -0.15) is 13.2 Å². The number of carbonyl (C=O) groups excluding carboxylic acids is 2. The highest BCUT2D eigenvalue weighted by Crippen LogP contribution is 2.53. The standard InChI is InChI=1S/C21H26F3N5O2/c1-28(20(7-8-20)21(22,23)24)19(31)17-13-11-29(9-6-15(13)26-27-17)18(30)16-10-12-4-2-3-5-14(12)25-16/h2-5,13,15-17,25-27H,6-11H2,1H3. The molecule has 1 aromatic carbocycles. The Kier molecular flexibility index (Phi) is 4.71. The normalized spacial score (nSPS) is 30.9. The quantitative estimate of drug-likeness (QED) is 0.664. The number of hydrazine groups is 1. The number of nitrogens with zero attached hydrogens (tertiary/aromatic N) is 2. The van der Waals surface area contributed by atoms with Crippen LogP contribution in [-0.4, -0.2) is 71.6 Å². The first kappa shape index (κ1) is 20.6. The van der Waals surface area contributed by atoms with Gasteiger partial charge in [0.1, 0.15) is 17.6 Å². The molecule has 3 heterocycles. The third kappa shape index (κ3) is 3.27. The number of rotatable bonds is 3. The van der Waals surface area contributed by atoms with Gasteiger partial charge in [-0.05, 0) is 30.9 Å². The van der Waals surface area contributed by atoms with E-state index in [1.165, 1.54) is 7.05 Å². The zero-order chi connectivity index (χ0) is 22.0. The van der Waals surface area contributed by atoms with Gasteiger partial charge in [0.05, 0.1) is 0 Å². The van der Waals surface area contributed by atoms with E-state index < -0.39 is 23.7 Å². The average molecular weight is 437 g/mol. The van der Waals surface area contributed by atoms with Gasteiger partial charge in [0.25, 0.3) is 0 Å². The number of amides is 2. The van der Waals surface area contributed by atoms with E-state index in [-0.39, 0.29) is 36.8 Å². The molecule has 5 rings (SSSR count). The lowest BCUT2D eigenvalue weighted by atomic mass is 9.87. The molecule has 4 aliphatic rings. The molecule has 0 spiro atoms. The number of halogens is 3. The van der Waals surface area contributed by atoms with Crippen LogP contribution < -0.4 is 16.2 Å². The van der Waals surface area contributed by atoms with Gasteiger partial charge in [-0.15, -0.1) is 0 Å². The molecule has 0 bridgehead atoms. The Morgan fingerprint density at radius 3 is 2.61 bits per heavy atom. The molecule has 2 amide bonds. The number of hydrogen-bond donors (Lipinski definition) is 3. The maximum absolute atomic E-state index is 13.5. The highest BCUT2D eigenvalue weighted by molar-refractivity contribution is 5.88. The summed E-state index contributed by atoms with van der Waals surface area (Å²) < 4.78 is 40.5. The highest BCUT2D eigenvalue weighted by atomic mass is 19.4. The van der Waals surface area contributed by atoms with Gasteiger partial charge in [-0.25, -0.2) is 5.43 Å². The second kappa shape index (κ2) is 7.09. The Bertz CT molecular complexity index is 878. The van der Waals surface area contributed by atoms with Crippen LogP contribution in [0.4, 0.5) is 18.9 Å². The van der Waals surface area contributed by atoms with Crippen molar-refractivity contribution in [2.45, 2.75) is 55.5 Å². The lowest BCUT2D eigenvalue weighted by molar-refractivity contribution is -0.198. The number of para-hydroxylation sites is 1. The number of fused-ring (bicyclic) bond motifs is 2. The van der Waals surface area contributed by atoms with Crippen LogP contribution in [0.5, 0.6) is 0 Å². The van der Waals surface area contributed by atoms with Crippen LogP contribution in [0.1, 0.15) is 24.8 Å². The molecule has 168 valence electrons. The summed E-state index contributed by atoms with van der Waals surface area (Å²) >= 11 is 0. The zero-order valence-corrected chi connectivity index (χ0v) is 17.2. The predicted octanol–water partition coefficient (Wildman–Crippen LogP) is 1.27. The number of anilines is 1. The minimum Gasteiger partial charge on any atom is -0.373 e. The molecule has 3 N–H and O–H groups in total. The van der Waals surface area contributed by atoms with Gasteiger partial charge in [0.15, 0.2) is 0 Å². The molecule has 7 nitrogen and oxygen atoms in total. The van der Waals surface area contributed by atoms with Crippen LogP contribution in [0.15, 0.2) is 24.3 Å². The number of likely N-dealkylation sites (N-methyl/N-ethyl adjacent to an activating group) is 1. The molecule has 31 heavy (non-hydrogen) atoms. The third-order valence-electron chi connectivity index (χ3n) is 7.38. The number of nitrogens with one attached hydrogen (secondary N) is 3. The van der Waals surface area contributed by atoms with E-state index in [4.69, 9.17) is 0 Å². The van der Waals surface area contributed by atoms with E-state index in [2.05, 4.69) is 16.2 Å². The van der Waals surface area contributed by atoms with Crippen molar-refractivity contribution in [3.05, 3.63) is 29.8 Å². The molecule has 4 atom stereocenters. The van der Waals surface area contributed by atoms with Gasteiger partial charge < -0.3 is 15.1 Å². The zero-order valence-electron chi connectivity index (χ0n) is 17.2. The Labute approximate surface area is 178 Å². The van der Waals surface area contributed by atoms with Gasteiger partial charge in [0.2, 0.25) is 11.8 Å². The van der Waals surface area contributed by atoms with Gasteiger partial charge in [-0.3, -0.25) is 15.0 Å². The summed E-state index contributed by atoms with van der Waals surface area (Å²) in [5.74, 6) is -0.883. The highest BCUT2D eigenvalue weighted by Gasteiger charge is 2.67. The Hall–Kier alpha value is -2.33. The number of benzene rings is 1. The molecule has 1 aromatic rings. The maximum Gasteiger partial charge on any atom is 0.411 e. The van der Waals surface area contributed by atoms with E-state index >= 15 is 0 Å². The molecule has 3 aliphatic heterocycles. The second-order valence-corrected chi connectivity index (χ2v) is 9.09. The Morgan fingerprint density at radius 1 is 1.19 bits per heavy atom. The number of piperidine rings is 1. The van der Waals surface area contributed by atoms with Crippen molar-refractivity contribution in [1.82, 2.24) is 20.7 Å². The monoisotopic (exact) mass is 437 g/mol. The minimum absolute atomic E-state index is 0.0324. The summed E-state index contributed by atoms with van der Waals surface area (Å²) in [6, 6.07) is 6.59. The van der Waals surface area contributed by atoms with Gasteiger partial charge in [-0.1, -0.05) is 18.2 Å². The van der Waals surface area contributed by atoms with Crippen molar-refractivity contribution < 1.29 is 22.8 Å². The second-order valence-electron chi connectivity index (χ2n) is 9.09. The van der Waals surface area contributed by atoms with Crippen molar-refractivity contribution in [2.75, 3.05) is 25.5 Å². The number of hydrogen-bond acceptors (Lipinski definition) is 5. The van der Waals surface area contributed by atoms with Crippen LogP contribution in [0.25, 0.3) is 0 Å². The van der Waals surface area contributed by atoms with Crippen LogP contribution in [0, 0.1) is 5.92 Å². The van der Waals surface area contributed by atoms with Crippen molar-refractivity contribution in [2.24, 2.45) is 5.92 Å². The molecule has 0 radical (unpaired) electrons. The van der Waals surface area contributed by atoms with E-state index in [0.29, 0.717) is 25.9 Å². The minimum atomic E-state index is -4.44. The number of alkyl halides is 3. The molecule has 2 saturated heterocycles. The molecule has 0 aromatic heterocycles. The summed E-state index contributed by atoms with van der Waals surface area (Å²) in [5, 5.41) is 3.27. The van der Waals surface area contributed by atoms with Crippen LogP contribution >= 0.6 is 0 Å². The molecule has 1 saturated carbocycles. The SMILES string of the molecule is CN(C(=O)C1NNC2CCN(C(=O)C3Cc4ccccc4N3)CC21)C1(C(F)(F)F)CC1. The first-order valence-corrected chi connectivity index (χ1v) is 10.7. The first-order chi connectivity index (χ1) is 14.7. The van der Waals surface area contributed by atoms with E-state index in [9.17, 15) is 22.8 Å². The van der Waals surface area contributed by atoms with Crippen molar-refractivity contribution in [1.29, 1.82) is 0 Å². The largest absolute Gasteiger partial charge is 0.411 e. The lowest BCUT2D eigenvalue weighted by Crippen LogP contribution is -2.57. The van der Waals surface area contributed by atoms with Gasteiger partial charge >= 0.3 is 6.18 Å². The van der Waals surface area contributed by atoms with Crippen LogP contribution in [-0.2, 0) is 16.0 Å². The van der Waals surface area contributed by atoms with Gasteiger partial charge in [0, 0.05) is 44.2 Å². The fourth-order valence-corrected chi connectivity index (χ4v) is 5.26. The average Bonchev–Trinajstić information content (AvgIpc) is 3.30. The van der Waals surface area contributed by atoms with Crippen molar-refractivity contribution in [3.8, 4) is 0 Å². The van der Waals surface area contributed by atoms with E-state index in [0.717, 1.165) is 16.2 Å². The first-order valence-electron chi connectivity index (χ1n) is 10.7. The molecular formula is C21H26F3N5O2. The molecule has 4 unspecified atom stereocenters. The smallest absolute Gasteiger partial charge is 0.373 e. The fraction of sp³-hybridized carbons (Fsp3) is 0.619. The molecule has 3 fully saturated rings. The van der Waals surface area contributed by atoms with E-state index in [1.807, 2.05) is 24.3 Å². The molecular weight excluding hydrogens is 411 g/mol. The third-order valence-corrected chi connectivity index (χ3v) is 7.38. The lowest BCUT2D eigenvalue weighted by Gasteiger charge is -2.38. The molecule has 1 aliphatic carbocycles. The fourth-order valence-electron chi connectivity index (χ4n) is 5.26. The molecule has 10 heteroatoms.